The fraction of sp³-hybridized carbons (Fsp3) is 0.444. The Kier molecular flexibility index (Phi) is 4.69. The molecular weight excluding hydrogens is 276 g/mol. The first-order chi connectivity index (χ1) is 10.3. The molecule has 1 aromatic carbocycles. The lowest BCUT2D eigenvalue weighted by atomic mass is 9.97. The predicted octanol–water partition coefficient (Wildman–Crippen LogP) is 4.02. The van der Waals surface area contributed by atoms with Gasteiger partial charge in [-0.2, -0.15) is 0 Å². The van der Waals surface area contributed by atoms with Crippen molar-refractivity contribution in [1.29, 1.82) is 0 Å². The number of nitrogens with one attached hydrogen (secondary N) is 1. The Bertz CT molecular complexity index is 649. The second-order valence-electron chi connectivity index (χ2n) is 6.55. The van der Waals surface area contributed by atoms with Crippen LogP contribution < -0.4 is 5.32 Å². The van der Waals surface area contributed by atoms with Gasteiger partial charge in [-0.1, -0.05) is 39.8 Å². The van der Waals surface area contributed by atoms with Crippen LogP contribution in [0.5, 0.6) is 0 Å². The molecule has 2 aromatic rings. The van der Waals surface area contributed by atoms with Crippen LogP contribution in [0.3, 0.4) is 0 Å². The third-order valence-corrected chi connectivity index (χ3v) is 3.50. The van der Waals surface area contributed by atoms with Crippen molar-refractivity contribution in [2.24, 2.45) is 0 Å². The quantitative estimate of drug-likeness (QED) is 0.927. The summed E-state index contributed by atoms with van der Waals surface area (Å²) in [5.74, 6) is 1.21. The molecule has 0 unspecified atom stereocenters. The summed E-state index contributed by atoms with van der Waals surface area (Å²) in [6, 6.07) is 7.88. The fourth-order valence-electron chi connectivity index (χ4n) is 2.09. The summed E-state index contributed by atoms with van der Waals surface area (Å²) in [5.41, 5.74) is 2.67. The summed E-state index contributed by atoms with van der Waals surface area (Å²) in [6.07, 6.45) is 1.19. The Balaban J connectivity index is 2.04. The van der Waals surface area contributed by atoms with Crippen molar-refractivity contribution in [3.05, 3.63) is 47.2 Å². The molecule has 0 radical (unpaired) electrons. The number of aryl methyl sites for hydroxylation is 2. The molecule has 22 heavy (non-hydrogen) atoms. The number of carbonyl (C=O) groups excluding carboxylic acids is 1. The summed E-state index contributed by atoms with van der Waals surface area (Å²) in [6.45, 7) is 10.1. The Morgan fingerprint density at radius 2 is 1.86 bits per heavy atom. The van der Waals surface area contributed by atoms with Crippen LogP contribution in [-0.4, -0.2) is 10.9 Å². The van der Waals surface area contributed by atoms with E-state index in [0.717, 1.165) is 17.8 Å². The summed E-state index contributed by atoms with van der Waals surface area (Å²) in [7, 11) is 0. The van der Waals surface area contributed by atoms with Crippen molar-refractivity contribution < 1.29 is 9.21 Å². The number of oxazole rings is 1. The molecule has 0 saturated carbocycles. The average Bonchev–Trinajstić information content (AvgIpc) is 2.81. The first-order valence-electron chi connectivity index (χ1n) is 7.65. The highest BCUT2D eigenvalue weighted by Gasteiger charge is 2.23. The van der Waals surface area contributed by atoms with Gasteiger partial charge in [0.1, 0.15) is 5.76 Å². The molecule has 1 amide bonds. The van der Waals surface area contributed by atoms with Crippen molar-refractivity contribution in [1.82, 2.24) is 4.98 Å². The van der Waals surface area contributed by atoms with Crippen molar-refractivity contribution in [2.75, 3.05) is 5.32 Å². The van der Waals surface area contributed by atoms with E-state index in [4.69, 9.17) is 4.42 Å². The Morgan fingerprint density at radius 3 is 2.36 bits per heavy atom. The van der Waals surface area contributed by atoms with Crippen LogP contribution in [0, 0.1) is 6.92 Å². The van der Waals surface area contributed by atoms with Gasteiger partial charge >= 0.3 is 0 Å². The second kappa shape index (κ2) is 6.34. The molecule has 1 heterocycles. The van der Waals surface area contributed by atoms with E-state index in [1.165, 1.54) is 5.56 Å². The molecule has 0 aliphatic carbocycles. The highest BCUT2D eigenvalue weighted by Crippen LogP contribution is 2.24. The number of anilines is 1. The van der Waals surface area contributed by atoms with Gasteiger partial charge in [0.15, 0.2) is 5.89 Å². The number of hydrogen-bond donors (Lipinski definition) is 1. The second-order valence-corrected chi connectivity index (χ2v) is 6.55. The van der Waals surface area contributed by atoms with Gasteiger partial charge in [-0.25, -0.2) is 4.98 Å². The SMILES string of the molecule is CCc1ccc(NC(=O)Cc2oc(C(C)(C)C)nc2C)cc1. The lowest BCUT2D eigenvalue weighted by Gasteiger charge is -2.12. The van der Waals surface area contributed by atoms with E-state index in [9.17, 15) is 4.79 Å². The number of aromatic nitrogens is 1. The van der Waals surface area contributed by atoms with Crippen molar-refractivity contribution in [3.63, 3.8) is 0 Å². The average molecular weight is 300 g/mol. The molecule has 1 aromatic heterocycles. The Hall–Kier alpha value is -2.10. The Labute approximate surface area is 131 Å². The van der Waals surface area contributed by atoms with Gasteiger partial charge in [-0.3, -0.25) is 4.79 Å². The van der Waals surface area contributed by atoms with Crippen molar-refractivity contribution in [2.45, 2.75) is 52.9 Å². The van der Waals surface area contributed by atoms with Gasteiger partial charge in [0.05, 0.1) is 12.1 Å². The van der Waals surface area contributed by atoms with Gasteiger partial charge < -0.3 is 9.73 Å². The molecule has 0 aliphatic heterocycles. The van der Waals surface area contributed by atoms with E-state index in [-0.39, 0.29) is 17.7 Å². The molecule has 4 heteroatoms. The smallest absolute Gasteiger partial charge is 0.232 e. The van der Waals surface area contributed by atoms with Gasteiger partial charge in [0.25, 0.3) is 0 Å². The molecule has 118 valence electrons. The van der Waals surface area contributed by atoms with Crippen LogP contribution in [0.15, 0.2) is 28.7 Å². The highest BCUT2D eigenvalue weighted by molar-refractivity contribution is 5.92. The molecular formula is C18H24N2O2. The lowest BCUT2D eigenvalue weighted by molar-refractivity contribution is -0.115. The standard InChI is InChI=1S/C18H24N2O2/c1-6-13-7-9-14(10-8-13)20-16(21)11-15-12(2)19-17(22-15)18(3,4)5/h7-10H,6,11H2,1-5H3,(H,20,21). The van der Waals surface area contributed by atoms with Gasteiger partial charge in [-0.05, 0) is 31.0 Å². The van der Waals surface area contributed by atoms with E-state index in [1.54, 1.807) is 0 Å². The van der Waals surface area contributed by atoms with E-state index in [2.05, 4.69) is 17.2 Å². The van der Waals surface area contributed by atoms with Crippen LogP contribution in [0.1, 0.15) is 50.6 Å². The van der Waals surface area contributed by atoms with Gasteiger partial charge in [0, 0.05) is 11.1 Å². The zero-order valence-electron chi connectivity index (χ0n) is 14.0. The number of benzene rings is 1. The molecule has 2 rings (SSSR count). The summed E-state index contributed by atoms with van der Waals surface area (Å²) >= 11 is 0. The van der Waals surface area contributed by atoms with Gasteiger partial charge in [-0.15, -0.1) is 0 Å². The van der Waals surface area contributed by atoms with E-state index < -0.39 is 0 Å². The predicted molar refractivity (Wildman–Crippen MR) is 88.1 cm³/mol. The van der Waals surface area contributed by atoms with Crippen LogP contribution in [0.4, 0.5) is 5.69 Å². The van der Waals surface area contributed by atoms with Gasteiger partial charge in [0.2, 0.25) is 5.91 Å². The number of carbonyl (C=O) groups is 1. The summed E-state index contributed by atoms with van der Waals surface area (Å²) in [4.78, 5) is 16.6. The van der Waals surface area contributed by atoms with E-state index in [1.807, 2.05) is 52.0 Å². The molecule has 4 nitrogen and oxygen atoms in total. The minimum atomic E-state index is -0.157. The minimum Gasteiger partial charge on any atom is -0.444 e. The Morgan fingerprint density at radius 1 is 1.23 bits per heavy atom. The first kappa shape index (κ1) is 16.3. The molecule has 0 spiro atoms. The third kappa shape index (κ3) is 3.97. The number of rotatable bonds is 4. The highest BCUT2D eigenvalue weighted by atomic mass is 16.4. The number of amides is 1. The number of hydrogen-bond acceptors (Lipinski definition) is 3. The molecule has 1 N–H and O–H groups in total. The lowest BCUT2D eigenvalue weighted by Crippen LogP contribution is -2.14. The van der Waals surface area contributed by atoms with Crippen LogP contribution in [-0.2, 0) is 23.1 Å². The van der Waals surface area contributed by atoms with Crippen molar-refractivity contribution >= 4 is 11.6 Å². The maximum absolute atomic E-state index is 12.1. The minimum absolute atomic E-state index is 0.0936. The monoisotopic (exact) mass is 300 g/mol. The largest absolute Gasteiger partial charge is 0.444 e. The number of nitrogens with zero attached hydrogens (tertiary/aromatic N) is 1. The molecule has 0 aliphatic rings. The molecule has 0 bridgehead atoms. The molecule has 0 fully saturated rings. The van der Waals surface area contributed by atoms with E-state index in [0.29, 0.717) is 11.7 Å². The maximum Gasteiger partial charge on any atom is 0.232 e. The van der Waals surface area contributed by atoms with Crippen molar-refractivity contribution in [3.8, 4) is 0 Å². The maximum atomic E-state index is 12.1. The van der Waals surface area contributed by atoms with Crippen LogP contribution in [0.25, 0.3) is 0 Å². The summed E-state index contributed by atoms with van der Waals surface area (Å²) < 4.78 is 5.75. The normalized spacial score (nSPS) is 11.5. The first-order valence-corrected chi connectivity index (χ1v) is 7.65. The molecule has 0 saturated heterocycles. The molecule has 0 atom stereocenters. The van der Waals surface area contributed by atoms with E-state index >= 15 is 0 Å². The van der Waals surface area contributed by atoms with Crippen LogP contribution >= 0.6 is 0 Å². The van der Waals surface area contributed by atoms with Crippen LogP contribution in [0.2, 0.25) is 0 Å². The topological polar surface area (TPSA) is 55.1 Å². The third-order valence-electron chi connectivity index (χ3n) is 3.50. The summed E-state index contributed by atoms with van der Waals surface area (Å²) in [5, 5.41) is 2.89. The fourth-order valence-corrected chi connectivity index (χ4v) is 2.09. The zero-order valence-corrected chi connectivity index (χ0v) is 14.0. The zero-order chi connectivity index (χ0) is 16.3.